The van der Waals surface area contributed by atoms with Crippen molar-refractivity contribution in [2.45, 2.75) is 38.3 Å². The minimum Gasteiger partial charge on any atom is -0.463 e. The second-order valence-electron chi connectivity index (χ2n) is 3.07. The summed E-state index contributed by atoms with van der Waals surface area (Å²) in [5, 5.41) is 32.9. The summed E-state index contributed by atoms with van der Waals surface area (Å²) < 4.78 is 4.38. The molecule has 0 saturated carbocycles. The average Bonchev–Trinajstić information content (AvgIpc) is 2.33. The second kappa shape index (κ2) is 5.92. The molecule has 14 heavy (non-hydrogen) atoms. The van der Waals surface area contributed by atoms with Crippen molar-refractivity contribution in [1.29, 1.82) is 0 Å². The molecular formula is C8H16O6. The molecule has 6 heteroatoms. The van der Waals surface area contributed by atoms with Crippen LogP contribution < -0.4 is 0 Å². The van der Waals surface area contributed by atoms with Gasteiger partial charge in [0.25, 0.3) is 5.97 Å². The van der Waals surface area contributed by atoms with Gasteiger partial charge in [0.1, 0.15) is 6.61 Å². The summed E-state index contributed by atoms with van der Waals surface area (Å²) in [5.41, 5.74) is 0. The molecule has 1 aliphatic rings. The third-order valence-corrected chi connectivity index (χ3v) is 1.42. The molecule has 1 fully saturated rings. The van der Waals surface area contributed by atoms with Gasteiger partial charge in [-0.15, -0.1) is 0 Å². The van der Waals surface area contributed by atoms with Crippen molar-refractivity contribution in [3.63, 3.8) is 0 Å². The smallest absolute Gasteiger partial charge is 0.308 e. The Kier molecular flexibility index (Phi) is 5.63. The van der Waals surface area contributed by atoms with Crippen LogP contribution in [-0.4, -0.2) is 45.1 Å². The van der Waals surface area contributed by atoms with Crippen LogP contribution in [0.25, 0.3) is 0 Å². The monoisotopic (exact) mass is 208 g/mol. The van der Waals surface area contributed by atoms with Gasteiger partial charge in [0.15, 0.2) is 0 Å². The Bertz CT molecular complexity index is 173. The Morgan fingerprint density at radius 2 is 2.07 bits per heavy atom. The van der Waals surface area contributed by atoms with Crippen molar-refractivity contribution in [2.24, 2.45) is 0 Å². The molecule has 1 saturated heterocycles. The van der Waals surface area contributed by atoms with Crippen molar-refractivity contribution < 1.29 is 30.0 Å². The third kappa shape index (κ3) is 7.93. The Balaban J connectivity index is 0.000000241. The maximum absolute atomic E-state index is 10.1. The van der Waals surface area contributed by atoms with Crippen molar-refractivity contribution in [2.75, 3.05) is 6.61 Å². The van der Waals surface area contributed by atoms with Crippen LogP contribution in [0.15, 0.2) is 0 Å². The van der Waals surface area contributed by atoms with Gasteiger partial charge in [-0.05, 0) is 6.42 Å². The van der Waals surface area contributed by atoms with Gasteiger partial charge < -0.3 is 25.2 Å². The minimum atomic E-state index is -2.45. The Morgan fingerprint density at radius 3 is 2.14 bits per heavy atom. The lowest BCUT2D eigenvalue weighted by Crippen LogP contribution is -2.26. The third-order valence-electron chi connectivity index (χ3n) is 1.42. The van der Waals surface area contributed by atoms with Gasteiger partial charge in [-0.3, -0.25) is 4.79 Å². The maximum atomic E-state index is 10.1. The summed E-state index contributed by atoms with van der Waals surface area (Å²) in [6.45, 7) is 1.93. The topological polar surface area (TPSA) is 107 Å². The number of hydrogen-bond acceptors (Lipinski definition) is 6. The first kappa shape index (κ1) is 13.3. The van der Waals surface area contributed by atoms with E-state index in [0.29, 0.717) is 6.42 Å². The maximum Gasteiger partial charge on any atom is 0.308 e. The molecule has 1 aliphatic heterocycles. The van der Waals surface area contributed by atoms with Gasteiger partial charge in [0.2, 0.25) is 0 Å². The van der Waals surface area contributed by atoms with E-state index in [-0.39, 0.29) is 25.4 Å². The van der Waals surface area contributed by atoms with E-state index in [1.807, 2.05) is 0 Å². The summed E-state index contributed by atoms with van der Waals surface area (Å²) in [6, 6.07) is 0. The number of carbonyl (C=O) groups excluding carboxylic acids is 1. The number of ether oxygens (including phenoxy) is 1. The number of aliphatic hydroxyl groups excluding tert-OH is 1. The minimum absolute atomic E-state index is 0.00694. The molecule has 0 aromatic heterocycles. The van der Waals surface area contributed by atoms with E-state index >= 15 is 0 Å². The van der Waals surface area contributed by atoms with Gasteiger partial charge in [-0.2, -0.15) is 0 Å². The molecule has 1 rings (SSSR count). The molecule has 0 amide bonds. The van der Waals surface area contributed by atoms with Crippen molar-refractivity contribution >= 4 is 5.97 Å². The van der Waals surface area contributed by atoms with E-state index in [4.69, 9.17) is 20.4 Å². The molecule has 0 aliphatic carbocycles. The van der Waals surface area contributed by atoms with E-state index in [1.165, 1.54) is 0 Å². The van der Waals surface area contributed by atoms with Gasteiger partial charge in [-0.1, -0.05) is 6.92 Å². The lowest BCUT2D eigenvalue weighted by molar-refractivity contribution is -0.314. The van der Waals surface area contributed by atoms with Crippen molar-refractivity contribution in [3.8, 4) is 0 Å². The lowest BCUT2D eigenvalue weighted by atomic mass is 10.3. The highest BCUT2D eigenvalue weighted by molar-refractivity contribution is 5.71. The zero-order valence-electron chi connectivity index (χ0n) is 8.01. The molecule has 0 unspecified atom stereocenters. The van der Waals surface area contributed by atoms with Gasteiger partial charge >= 0.3 is 5.97 Å². The highest BCUT2D eigenvalue weighted by atomic mass is 16.7. The van der Waals surface area contributed by atoms with Gasteiger partial charge in [0.05, 0.1) is 12.5 Å². The van der Waals surface area contributed by atoms with Gasteiger partial charge in [-0.25, -0.2) is 0 Å². The predicted octanol–water partition coefficient (Wildman–Crippen LogP) is -1.29. The highest BCUT2D eigenvalue weighted by Gasteiger charge is 2.20. The molecule has 0 radical (unpaired) electrons. The average molecular weight is 208 g/mol. The molecule has 0 bridgehead atoms. The second-order valence-corrected chi connectivity index (χ2v) is 3.07. The number of rotatable bonds is 2. The van der Waals surface area contributed by atoms with E-state index in [0.717, 1.165) is 0 Å². The Labute approximate surface area is 81.7 Å². The fourth-order valence-corrected chi connectivity index (χ4v) is 0.835. The molecule has 0 spiro atoms. The first-order valence-electron chi connectivity index (χ1n) is 4.36. The standard InChI is InChI=1S/C4H6O3.C4H10O3/c5-3-1-4(6)7-2-3;1-2-3-4(5,6)7/h3,5H,1-2H2;5-7H,2-3H2,1H3/t3-;/m0./s1. The molecule has 84 valence electrons. The molecule has 0 aromatic rings. The number of aliphatic hydroxyl groups is 4. The van der Waals surface area contributed by atoms with Gasteiger partial charge in [0, 0.05) is 6.42 Å². The number of carbonyl (C=O) groups is 1. The molecule has 0 aromatic carbocycles. The van der Waals surface area contributed by atoms with Crippen LogP contribution in [0.5, 0.6) is 0 Å². The van der Waals surface area contributed by atoms with Crippen LogP contribution in [0.4, 0.5) is 0 Å². The first-order chi connectivity index (χ1) is 6.35. The molecular weight excluding hydrogens is 192 g/mol. The predicted molar refractivity (Wildman–Crippen MR) is 45.9 cm³/mol. The Morgan fingerprint density at radius 1 is 1.50 bits per heavy atom. The molecule has 6 nitrogen and oxygen atoms in total. The SMILES string of the molecule is CCCC(O)(O)O.O=C1C[C@H](O)CO1. The quantitative estimate of drug-likeness (QED) is 0.332. The van der Waals surface area contributed by atoms with Crippen LogP contribution in [0.1, 0.15) is 26.2 Å². The number of cyclic esters (lactones) is 1. The number of hydrogen-bond donors (Lipinski definition) is 4. The summed E-state index contributed by atoms with van der Waals surface area (Å²) in [6.07, 6.45) is 0.184. The Hall–Kier alpha value is -0.690. The van der Waals surface area contributed by atoms with Crippen molar-refractivity contribution in [1.82, 2.24) is 0 Å². The highest BCUT2D eigenvalue weighted by Crippen LogP contribution is 2.03. The zero-order chi connectivity index (χ0) is 11.2. The fraction of sp³-hybridized carbons (Fsp3) is 0.875. The molecule has 1 heterocycles. The normalized spacial score (nSPS) is 21.2. The zero-order valence-corrected chi connectivity index (χ0v) is 8.01. The molecule has 1 atom stereocenters. The summed E-state index contributed by atoms with van der Waals surface area (Å²) >= 11 is 0. The van der Waals surface area contributed by atoms with Crippen LogP contribution in [0.3, 0.4) is 0 Å². The number of esters is 1. The van der Waals surface area contributed by atoms with Crippen LogP contribution >= 0.6 is 0 Å². The van der Waals surface area contributed by atoms with Crippen LogP contribution in [0, 0.1) is 0 Å². The fourth-order valence-electron chi connectivity index (χ4n) is 0.835. The van der Waals surface area contributed by atoms with E-state index in [1.54, 1.807) is 6.92 Å². The molecule has 4 N–H and O–H groups in total. The van der Waals surface area contributed by atoms with Crippen LogP contribution in [0.2, 0.25) is 0 Å². The largest absolute Gasteiger partial charge is 0.463 e. The van der Waals surface area contributed by atoms with Crippen LogP contribution in [-0.2, 0) is 9.53 Å². The summed E-state index contributed by atoms with van der Waals surface area (Å²) in [5.74, 6) is -2.75. The summed E-state index contributed by atoms with van der Waals surface area (Å²) in [7, 11) is 0. The van der Waals surface area contributed by atoms with E-state index < -0.39 is 12.1 Å². The van der Waals surface area contributed by atoms with E-state index in [2.05, 4.69) is 4.74 Å². The van der Waals surface area contributed by atoms with Crippen molar-refractivity contribution in [3.05, 3.63) is 0 Å². The summed E-state index contributed by atoms with van der Waals surface area (Å²) in [4.78, 5) is 10.1. The van der Waals surface area contributed by atoms with E-state index in [9.17, 15) is 4.79 Å². The first-order valence-corrected chi connectivity index (χ1v) is 4.36. The lowest BCUT2D eigenvalue weighted by Gasteiger charge is -2.10.